The number of nitrogen functional groups attached to an aromatic ring is 2. The number of hydrogen-bond donors (Lipinski definition) is 4. The van der Waals surface area contributed by atoms with Gasteiger partial charge in [0.05, 0.1) is 16.9 Å². The van der Waals surface area contributed by atoms with Crippen LogP contribution < -0.4 is 21.9 Å². The molecule has 0 aliphatic rings. The fraction of sp³-hybridized carbons (Fsp3) is 0.292. The first-order valence-electron chi connectivity index (χ1n) is 10.7. The highest BCUT2D eigenvalue weighted by atomic mass is 16.5. The SMILES string of the molecule is CCCCC(=O)Oc1ccc2c(C(=O)c3cc(N)c(O)c(N)c3)c(CCCC(N)=O)oc2c1. The molecule has 7 N–H and O–H groups in total. The first-order chi connectivity index (χ1) is 15.7. The largest absolute Gasteiger partial charge is 0.504 e. The van der Waals surface area contributed by atoms with Crippen molar-refractivity contribution in [3.63, 3.8) is 0 Å². The summed E-state index contributed by atoms with van der Waals surface area (Å²) in [5.41, 5.74) is 17.5. The average molecular weight is 453 g/mol. The van der Waals surface area contributed by atoms with Gasteiger partial charge in [-0.2, -0.15) is 0 Å². The third-order valence-corrected chi connectivity index (χ3v) is 5.19. The number of phenols is 1. The van der Waals surface area contributed by atoms with Gasteiger partial charge < -0.3 is 31.5 Å². The molecular formula is C24H27N3O6. The van der Waals surface area contributed by atoms with Crippen LogP contribution in [0.25, 0.3) is 11.0 Å². The normalized spacial score (nSPS) is 10.9. The summed E-state index contributed by atoms with van der Waals surface area (Å²) in [5.74, 6) is -0.849. The number of fused-ring (bicyclic) bond motifs is 1. The molecule has 0 fully saturated rings. The van der Waals surface area contributed by atoms with Crippen LogP contribution in [-0.4, -0.2) is 22.8 Å². The lowest BCUT2D eigenvalue weighted by molar-refractivity contribution is -0.134. The minimum absolute atomic E-state index is 0.0253. The van der Waals surface area contributed by atoms with E-state index in [4.69, 9.17) is 26.4 Å². The third-order valence-electron chi connectivity index (χ3n) is 5.19. The summed E-state index contributed by atoms with van der Waals surface area (Å²) in [6.07, 6.45) is 2.70. The van der Waals surface area contributed by atoms with Crippen molar-refractivity contribution < 1.29 is 28.6 Å². The second kappa shape index (κ2) is 10.1. The van der Waals surface area contributed by atoms with Crippen LogP contribution in [0.3, 0.4) is 0 Å². The second-order valence-electron chi connectivity index (χ2n) is 7.79. The molecule has 9 nitrogen and oxygen atoms in total. The van der Waals surface area contributed by atoms with Gasteiger partial charge >= 0.3 is 5.97 Å². The summed E-state index contributed by atoms with van der Waals surface area (Å²) in [6, 6.07) is 7.45. The van der Waals surface area contributed by atoms with Gasteiger partial charge in [-0.25, -0.2) is 0 Å². The number of nitrogens with two attached hydrogens (primary N) is 3. The molecule has 0 unspecified atom stereocenters. The number of aryl methyl sites for hydroxylation is 1. The average Bonchev–Trinajstić information content (AvgIpc) is 3.12. The lowest BCUT2D eigenvalue weighted by Gasteiger charge is -2.08. The maximum Gasteiger partial charge on any atom is 0.311 e. The van der Waals surface area contributed by atoms with E-state index in [0.29, 0.717) is 35.3 Å². The second-order valence-corrected chi connectivity index (χ2v) is 7.79. The highest BCUT2D eigenvalue weighted by Gasteiger charge is 2.24. The van der Waals surface area contributed by atoms with Gasteiger partial charge in [-0.1, -0.05) is 13.3 Å². The summed E-state index contributed by atoms with van der Waals surface area (Å²) in [7, 11) is 0. The van der Waals surface area contributed by atoms with Gasteiger partial charge in [-0.3, -0.25) is 14.4 Å². The molecule has 0 atom stereocenters. The molecule has 0 aliphatic heterocycles. The number of amides is 1. The Morgan fingerprint density at radius 3 is 2.36 bits per heavy atom. The Bertz CT molecular complexity index is 1190. The quantitative estimate of drug-likeness (QED) is 0.119. The summed E-state index contributed by atoms with van der Waals surface area (Å²) in [6.45, 7) is 1.98. The molecule has 0 spiro atoms. The Morgan fingerprint density at radius 1 is 1.03 bits per heavy atom. The van der Waals surface area contributed by atoms with E-state index in [-0.39, 0.29) is 47.1 Å². The van der Waals surface area contributed by atoms with Gasteiger partial charge in [0.15, 0.2) is 11.5 Å². The standard InChI is InChI=1S/C24H27N3O6/c1-2-3-7-21(29)32-14-8-9-15-19(12-14)33-18(5-4-6-20(27)28)22(15)23(30)13-10-16(25)24(31)17(26)11-13/h8-12,31H,2-7,25-26H2,1H3,(H2,27,28). The number of primary amides is 1. The van der Waals surface area contributed by atoms with E-state index in [1.807, 2.05) is 6.92 Å². The lowest BCUT2D eigenvalue weighted by atomic mass is 9.97. The first-order valence-corrected chi connectivity index (χ1v) is 10.7. The van der Waals surface area contributed by atoms with Crippen molar-refractivity contribution in [3.05, 3.63) is 47.2 Å². The summed E-state index contributed by atoms with van der Waals surface area (Å²) < 4.78 is 11.3. The van der Waals surface area contributed by atoms with Gasteiger partial charge in [-0.05, 0) is 37.1 Å². The van der Waals surface area contributed by atoms with Crippen LogP contribution in [0, 0.1) is 0 Å². The molecule has 0 radical (unpaired) electrons. The molecule has 9 heteroatoms. The van der Waals surface area contributed by atoms with E-state index in [0.717, 1.165) is 12.8 Å². The van der Waals surface area contributed by atoms with E-state index >= 15 is 0 Å². The van der Waals surface area contributed by atoms with Gasteiger partial charge in [0.1, 0.15) is 17.1 Å². The number of ether oxygens (including phenoxy) is 1. The lowest BCUT2D eigenvalue weighted by Crippen LogP contribution is -2.11. The number of carbonyl (C=O) groups excluding carboxylic acids is 3. The predicted molar refractivity (Wildman–Crippen MR) is 124 cm³/mol. The zero-order valence-corrected chi connectivity index (χ0v) is 18.3. The van der Waals surface area contributed by atoms with Crippen molar-refractivity contribution in [2.45, 2.75) is 45.4 Å². The number of rotatable bonds is 10. The molecule has 33 heavy (non-hydrogen) atoms. The number of aromatic hydroxyl groups is 1. The minimum atomic E-state index is -0.459. The number of unbranched alkanes of at least 4 members (excludes halogenated alkanes) is 1. The molecule has 0 saturated carbocycles. The summed E-state index contributed by atoms with van der Waals surface area (Å²) in [4.78, 5) is 36.5. The molecule has 1 amide bonds. The Balaban J connectivity index is 2.02. The van der Waals surface area contributed by atoms with Crippen molar-refractivity contribution in [1.29, 1.82) is 0 Å². The number of hydrogen-bond acceptors (Lipinski definition) is 8. The van der Waals surface area contributed by atoms with Crippen molar-refractivity contribution in [1.82, 2.24) is 0 Å². The van der Waals surface area contributed by atoms with Crippen LogP contribution in [0.15, 0.2) is 34.7 Å². The number of phenolic OH excluding ortho intramolecular Hbond substituents is 1. The number of esters is 1. The molecule has 0 saturated heterocycles. The van der Waals surface area contributed by atoms with E-state index in [1.165, 1.54) is 12.1 Å². The van der Waals surface area contributed by atoms with Crippen LogP contribution in [0.1, 0.15) is 60.7 Å². The fourth-order valence-corrected chi connectivity index (χ4v) is 3.50. The Labute approximate surface area is 190 Å². The Kier molecular flexibility index (Phi) is 7.22. The minimum Gasteiger partial charge on any atom is -0.504 e. The fourth-order valence-electron chi connectivity index (χ4n) is 3.50. The van der Waals surface area contributed by atoms with E-state index in [1.54, 1.807) is 18.2 Å². The van der Waals surface area contributed by atoms with Crippen molar-refractivity contribution in [2.24, 2.45) is 5.73 Å². The molecule has 174 valence electrons. The van der Waals surface area contributed by atoms with Crippen molar-refractivity contribution >= 4 is 40.0 Å². The maximum atomic E-state index is 13.4. The zero-order chi connectivity index (χ0) is 24.1. The number of benzene rings is 2. The van der Waals surface area contributed by atoms with Gasteiger partial charge in [0.2, 0.25) is 5.91 Å². The monoisotopic (exact) mass is 453 g/mol. The smallest absolute Gasteiger partial charge is 0.311 e. The van der Waals surface area contributed by atoms with E-state index in [9.17, 15) is 19.5 Å². The molecule has 1 aromatic heterocycles. The van der Waals surface area contributed by atoms with Crippen LogP contribution in [-0.2, 0) is 16.0 Å². The highest BCUT2D eigenvalue weighted by molar-refractivity contribution is 6.17. The third kappa shape index (κ3) is 5.43. The number of carbonyl (C=O) groups is 3. The predicted octanol–water partition coefficient (Wildman–Crippen LogP) is 3.44. The molecule has 3 rings (SSSR count). The van der Waals surface area contributed by atoms with E-state index in [2.05, 4.69) is 0 Å². The highest BCUT2D eigenvalue weighted by Crippen LogP contribution is 2.35. The molecular weight excluding hydrogens is 426 g/mol. The van der Waals surface area contributed by atoms with Crippen LogP contribution in [0.4, 0.5) is 11.4 Å². The molecule has 0 bridgehead atoms. The Hall–Kier alpha value is -4.01. The number of ketones is 1. The Morgan fingerprint density at radius 2 is 1.73 bits per heavy atom. The molecule has 1 heterocycles. The van der Waals surface area contributed by atoms with Gasteiger partial charge in [-0.15, -0.1) is 0 Å². The number of anilines is 2. The molecule has 3 aromatic rings. The van der Waals surface area contributed by atoms with Gasteiger partial charge in [0.25, 0.3) is 0 Å². The van der Waals surface area contributed by atoms with Gasteiger partial charge in [0, 0.05) is 36.3 Å². The summed E-state index contributed by atoms with van der Waals surface area (Å²) >= 11 is 0. The zero-order valence-electron chi connectivity index (χ0n) is 18.3. The molecule has 2 aromatic carbocycles. The maximum absolute atomic E-state index is 13.4. The topological polar surface area (TPSA) is 172 Å². The first kappa shape index (κ1) is 23.6. The number of furan rings is 1. The van der Waals surface area contributed by atoms with E-state index < -0.39 is 11.7 Å². The molecule has 0 aliphatic carbocycles. The van der Waals surface area contributed by atoms with Crippen LogP contribution in [0.2, 0.25) is 0 Å². The summed E-state index contributed by atoms with van der Waals surface area (Å²) in [5, 5.41) is 10.3. The van der Waals surface area contributed by atoms with Crippen molar-refractivity contribution in [2.75, 3.05) is 11.5 Å². The van der Waals surface area contributed by atoms with Crippen molar-refractivity contribution in [3.8, 4) is 11.5 Å². The van der Waals surface area contributed by atoms with Crippen LogP contribution in [0.5, 0.6) is 11.5 Å². The van der Waals surface area contributed by atoms with Crippen LogP contribution >= 0.6 is 0 Å².